The van der Waals surface area contributed by atoms with Crippen LogP contribution in [0, 0.1) is 4.77 Å². The van der Waals surface area contributed by atoms with Gasteiger partial charge in [-0.05, 0) is 12.2 Å². The smallest absolute Gasteiger partial charge is 0.237 e. The molecule has 0 fully saturated rings. The second-order valence-electron chi connectivity index (χ2n) is 1.14. The third-order valence-electron chi connectivity index (χ3n) is 0.617. The molecule has 0 aromatic carbocycles. The van der Waals surface area contributed by atoms with Gasteiger partial charge in [-0.2, -0.15) is 5.21 Å². The maximum absolute atomic E-state index is 4.64. The van der Waals surface area contributed by atoms with Crippen LogP contribution in [-0.2, 0) is 7.05 Å². The standard InChI is InChI=1S/C2H4N4S.2Na/c1-6-2(7)3-4-5-6;;/h1H3,(H,3,5,7);;. The van der Waals surface area contributed by atoms with E-state index in [-0.39, 0.29) is 59.1 Å². The molecule has 1 aromatic heterocycles. The maximum atomic E-state index is 4.64. The first kappa shape index (κ1) is 12.9. The molecule has 0 spiro atoms. The van der Waals surface area contributed by atoms with E-state index in [9.17, 15) is 0 Å². The Morgan fingerprint density at radius 3 is 2.22 bits per heavy atom. The summed E-state index contributed by atoms with van der Waals surface area (Å²) < 4.78 is 2.02. The van der Waals surface area contributed by atoms with Gasteiger partial charge >= 0.3 is 0 Å². The van der Waals surface area contributed by atoms with Gasteiger partial charge < -0.3 is 0 Å². The largest absolute Gasteiger partial charge is 0.246 e. The van der Waals surface area contributed by atoms with Gasteiger partial charge in [0, 0.05) is 66.2 Å². The molecule has 1 N–H and O–H groups in total. The minimum atomic E-state index is 0. The minimum absolute atomic E-state index is 0. The number of tetrazole rings is 1. The first-order chi connectivity index (χ1) is 3.30. The summed E-state index contributed by atoms with van der Waals surface area (Å²) in [5.74, 6) is 0. The van der Waals surface area contributed by atoms with Gasteiger partial charge in [-0.25, -0.2) is 4.68 Å². The van der Waals surface area contributed by atoms with Gasteiger partial charge in [-0.3, -0.25) is 0 Å². The van der Waals surface area contributed by atoms with Gasteiger partial charge in [0.15, 0.2) is 0 Å². The second kappa shape index (κ2) is 6.03. The summed E-state index contributed by atoms with van der Waals surface area (Å²) in [4.78, 5) is 0. The predicted molar refractivity (Wildman–Crippen MR) is 37.7 cm³/mol. The first-order valence-electron chi connectivity index (χ1n) is 1.75. The summed E-state index contributed by atoms with van der Waals surface area (Å²) in [6, 6.07) is 0. The van der Waals surface area contributed by atoms with Crippen molar-refractivity contribution in [1.82, 2.24) is 20.2 Å². The number of aromatic nitrogens is 4. The van der Waals surface area contributed by atoms with Gasteiger partial charge in [-0.1, -0.05) is 10.3 Å². The zero-order valence-electron chi connectivity index (χ0n) is 5.75. The number of H-pyrrole nitrogens is 1. The summed E-state index contributed by atoms with van der Waals surface area (Å²) in [6.45, 7) is 0. The summed E-state index contributed by atoms with van der Waals surface area (Å²) in [6.07, 6.45) is 0. The number of hydrogen-bond acceptors (Lipinski definition) is 3. The van der Waals surface area contributed by atoms with Crippen LogP contribution in [0.25, 0.3) is 0 Å². The van der Waals surface area contributed by atoms with Gasteiger partial charge in [0.1, 0.15) is 0 Å². The van der Waals surface area contributed by atoms with Crippen molar-refractivity contribution in [1.29, 1.82) is 0 Å². The quantitative estimate of drug-likeness (QED) is 0.397. The molecule has 2 radical (unpaired) electrons. The molecule has 7 heteroatoms. The van der Waals surface area contributed by atoms with Crippen LogP contribution in [0.2, 0.25) is 0 Å². The van der Waals surface area contributed by atoms with Crippen LogP contribution in [0.1, 0.15) is 0 Å². The summed E-state index contributed by atoms with van der Waals surface area (Å²) >= 11 is 4.64. The topological polar surface area (TPSA) is 46.5 Å². The molecule has 0 aliphatic heterocycles. The average Bonchev–Trinajstić information content (AvgIpc) is 1.91. The molecular weight excluding hydrogens is 158 g/mol. The molecule has 4 nitrogen and oxygen atoms in total. The second-order valence-corrected chi connectivity index (χ2v) is 1.51. The molecular formula is C2H4N4Na2S. The molecule has 0 saturated heterocycles. The molecule has 0 amide bonds. The molecule has 1 aromatic rings. The van der Waals surface area contributed by atoms with Gasteiger partial charge in [0.2, 0.25) is 4.77 Å². The molecule has 0 bridgehead atoms. The Hall–Kier alpha value is 1.29. The molecule has 0 unspecified atom stereocenters. The van der Waals surface area contributed by atoms with Crippen LogP contribution < -0.4 is 0 Å². The molecule has 0 aliphatic carbocycles. The van der Waals surface area contributed by atoms with E-state index in [1.54, 1.807) is 11.7 Å². The number of rotatable bonds is 0. The van der Waals surface area contributed by atoms with Crippen molar-refractivity contribution in [2.75, 3.05) is 0 Å². The average molecular weight is 162 g/mol. The van der Waals surface area contributed by atoms with Crippen molar-refractivity contribution in [2.45, 2.75) is 0 Å². The van der Waals surface area contributed by atoms with Crippen LogP contribution in [0.4, 0.5) is 0 Å². The molecule has 1 rings (SSSR count). The Morgan fingerprint density at radius 2 is 2.11 bits per heavy atom. The van der Waals surface area contributed by atoms with E-state index >= 15 is 0 Å². The number of hydrogen-bond donors (Lipinski definition) is 1. The van der Waals surface area contributed by atoms with Crippen LogP contribution in [0.3, 0.4) is 0 Å². The van der Waals surface area contributed by atoms with Crippen molar-refractivity contribution in [2.24, 2.45) is 7.05 Å². The van der Waals surface area contributed by atoms with Gasteiger partial charge in [0.05, 0.1) is 0 Å². The van der Waals surface area contributed by atoms with E-state index in [2.05, 4.69) is 27.7 Å². The van der Waals surface area contributed by atoms with Crippen molar-refractivity contribution in [3.05, 3.63) is 4.77 Å². The zero-order chi connectivity index (χ0) is 5.28. The first-order valence-corrected chi connectivity index (χ1v) is 2.15. The van der Waals surface area contributed by atoms with E-state index in [0.29, 0.717) is 4.77 Å². The van der Waals surface area contributed by atoms with Crippen LogP contribution in [0.5, 0.6) is 0 Å². The van der Waals surface area contributed by atoms with Gasteiger partial charge in [0.25, 0.3) is 0 Å². The fraction of sp³-hybridized carbons (Fsp3) is 0.500. The fourth-order valence-electron chi connectivity index (χ4n) is 0.242. The van der Waals surface area contributed by atoms with Crippen molar-refractivity contribution in [3.8, 4) is 0 Å². The van der Waals surface area contributed by atoms with Crippen molar-refractivity contribution in [3.63, 3.8) is 0 Å². The SMILES string of the molecule is Cn1[nH]nnc1=S.[Na].[Na]. The Bertz CT molecular complexity index is 204. The molecule has 0 atom stereocenters. The molecule has 9 heavy (non-hydrogen) atoms. The van der Waals surface area contributed by atoms with Gasteiger partial charge in [-0.15, -0.1) is 0 Å². The predicted octanol–water partition coefficient (Wildman–Crippen LogP) is -0.889. The van der Waals surface area contributed by atoms with Crippen molar-refractivity contribution < 1.29 is 0 Å². The normalized spacial score (nSPS) is 7.22. The fourth-order valence-corrected chi connectivity index (χ4v) is 0.324. The number of nitrogens with one attached hydrogen (secondary N) is 1. The number of nitrogens with zero attached hydrogens (tertiary/aromatic N) is 3. The van der Waals surface area contributed by atoms with E-state index in [0.717, 1.165) is 0 Å². The Morgan fingerprint density at radius 1 is 1.56 bits per heavy atom. The number of aromatic amines is 1. The summed E-state index contributed by atoms with van der Waals surface area (Å²) in [5.41, 5.74) is 0. The van der Waals surface area contributed by atoms with E-state index < -0.39 is 0 Å². The third-order valence-corrected chi connectivity index (χ3v) is 0.973. The van der Waals surface area contributed by atoms with Crippen molar-refractivity contribution >= 4 is 71.3 Å². The monoisotopic (exact) mass is 162 g/mol. The molecule has 40 valence electrons. The molecule has 0 aliphatic rings. The third kappa shape index (κ3) is 3.87. The molecule has 1 heterocycles. The Balaban J connectivity index is 0. The minimum Gasteiger partial charge on any atom is -0.246 e. The van der Waals surface area contributed by atoms with E-state index in [1.165, 1.54) is 0 Å². The van der Waals surface area contributed by atoms with E-state index in [4.69, 9.17) is 0 Å². The maximum Gasteiger partial charge on any atom is 0.237 e. The zero-order valence-corrected chi connectivity index (χ0v) is 10.6. The van der Waals surface area contributed by atoms with E-state index in [1.807, 2.05) is 0 Å². The number of aryl methyl sites for hydroxylation is 1. The van der Waals surface area contributed by atoms with Crippen LogP contribution in [-0.4, -0.2) is 79.3 Å². The van der Waals surface area contributed by atoms with Crippen LogP contribution in [0.15, 0.2) is 0 Å². The Labute approximate surface area is 102 Å². The Kier molecular flexibility index (Phi) is 8.66. The summed E-state index contributed by atoms with van der Waals surface area (Å²) in [5, 5.41) is 9.41. The van der Waals surface area contributed by atoms with Crippen LogP contribution >= 0.6 is 12.2 Å². The summed E-state index contributed by atoms with van der Waals surface area (Å²) in [7, 11) is 1.75. The molecule has 0 saturated carbocycles.